The van der Waals surface area contributed by atoms with Gasteiger partial charge in [-0.15, -0.1) is 0 Å². The van der Waals surface area contributed by atoms with Crippen molar-refractivity contribution >= 4 is 28.7 Å². The van der Waals surface area contributed by atoms with Gasteiger partial charge < -0.3 is 25.0 Å². The summed E-state index contributed by atoms with van der Waals surface area (Å²) in [5, 5.41) is 12.0. The van der Waals surface area contributed by atoms with Gasteiger partial charge in [0.15, 0.2) is 5.65 Å². The van der Waals surface area contributed by atoms with Gasteiger partial charge in [-0.2, -0.15) is 5.10 Å². The van der Waals surface area contributed by atoms with Crippen LogP contribution in [-0.2, 0) is 16.0 Å². The van der Waals surface area contributed by atoms with Crippen LogP contribution in [0.5, 0.6) is 0 Å². The third-order valence-electron chi connectivity index (χ3n) is 6.60. The molecular weight excluding hydrogens is 448 g/mol. The number of anilines is 1. The van der Waals surface area contributed by atoms with Crippen molar-refractivity contribution < 1.29 is 19.1 Å². The van der Waals surface area contributed by atoms with Crippen LogP contribution in [0.1, 0.15) is 63.7 Å². The molecule has 0 unspecified atom stereocenters. The highest BCUT2D eigenvalue weighted by molar-refractivity contribution is 6.06. The summed E-state index contributed by atoms with van der Waals surface area (Å²) < 4.78 is 12.8. The normalized spacial score (nSPS) is 18.0. The van der Waals surface area contributed by atoms with Crippen LogP contribution in [0, 0.1) is 5.92 Å². The van der Waals surface area contributed by atoms with Crippen LogP contribution in [0.15, 0.2) is 12.4 Å². The van der Waals surface area contributed by atoms with Crippen LogP contribution >= 0.6 is 0 Å². The van der Waals surface area contributed by atoms with Crippen molar-refractivity contribution in [3.8, 4) is 0 Å². The van der Waals surface area contributed by atoms with Gasteiger partial charge in [0.1, 0.15) is 5.60 Å². The first-order chi connectivity index (χ1) is 16.7. The molecule has 10 nitrogen and oxygen atoms in total. The molecule has 0 aliphatic carbocycles. The number of nitrogens with zero attached hydrogens (tertiary/aromatic N) is 4. The largest absolute Gasteiger partial charge is 0.444 e. The number of nitrogens with one attached hydrogen (secondary N) is 2. The number of hydrogen-bond acceptors (Lipinski definition) is 7. The van der Waals surface area contributed by atoms with Crippen LogP contribution in [0.25, 0.3) is 11.0 Å². The van der Waals surface area contributed by atoms with Crippen LogP contribution in [0.2, 0.25) is 0 Å². The Bertz CT molecular complexity index is 1030. The van der Waals surface area contributed by atoms with E-state index in [0.29, 0.717) is 50.9 Å². The number of piperidine rings is 1. The highest BCUT2D eigenvalue weighted by Crippen LogP contribution is 2.28. The molecule has 2 aliphatic rings. The number of fused-ring (bicyclic) bond motifs is 1. The molecule has 2 aromatic heterocycles. The molecule has 2 amide bonds. The first kappa shape index (κ1) is 25.2. The van der Waals surface area contributed by atoms with Crippen LogP contribution in [0.4, 0.5) is 10.5 Å². The van der Waals surface area contributed by atoms with Crippen molar-refractivity contribution in [3.05, 3.63) is 18.0 Å². The van der Waals surface area contributed by atoms with E-state index in [0.717, 1.165) is 42.4 Å². The van der Waals surface area contributed by atoms with E-state index in [1.54, 1.807) is 17.3 Å². The highest BCUT2D eigenvalue weighted by atomic mass is 16.6. The van der Waals surface area contributed by atoms with Crippen molar-refractivity contribution in [1.29, 1.82) is 0 Å². The van der Waals surface area contributed by atoms with E-state index in [1.165, 1.54) is 0 Å². The second-order valence-electron chi connectivity index (χ2n) is 10.4. The molecule has 2 N–H and O–H groups in total. The summed E-state index contributed by atoms with van der Waals surface area (Å²) in [5.74, 6) is 0.164. The number of carbonyl (C=O) groups is 2. The Labute approximate surface area is 206 Å². The SMILES string of the molecule is CCn1ncc2c(NC3CCOCC3)c(C(=O)NCC3CCN(C(=O)OC(C)(C)C)CC3)cnc21. The molecule has 2 aliphatic heterocycles. The van der Waals surface area contributed by atoms with Gasteiger partial charge in [0, 0.05) is 51.6 Å². The third kappa shape index (κ3) is 6.22. The summed E-state index contributed by atoms with van der Waals surface area (Å²) in [7, 11) is 0. The molecule has 2 saturated heterocycles. The fourth-order valence-corrected chi connectivity index (χ4v) is 4.61. The number of pyridine rings is 1. The lowest BCUT2D eigenvalue weighted by atomic mass is 9.97. The first-order valence-electron chi connectivity index (χ1n) is 12.7. The molecule has 35 heavy (non-hydrogen) atoms. The predicted molar refractivity (Wildman–Crippen MR) is 134 cm³/mol. The predicted octanol–water partition coefficient (Wildman–Crippen LogP) is 3.42. The maximum Gasteiger partial charge on any atom is 0.410 e. The van der Waals surface area contributed by atoms with Crippen molar-refractivity contribution in [1.82, 2.24) is 25.0 Å². The highest BCUT2D eigenvalue weighted by Gasteiger charge is 2.28. The third-order valence-corrected chi connectivity index (χ3v) is 6.60. The maximum absolute atomic E-state index is 13.3. The van der Waals surface area contributed by atoms with E-state index in [9.17, 15) is 9.59 Å². The lowest BCUT2D eigenvalue weighted by Gasteiger charge is -2.33. The number of rotatable bonds is 6. The van der Waals surface area contributed by atoms with Gasteiger partial charge in [0.05, 0.1) is 22.8 Å². The summed E-state index contributed by atoms with van der Waals surface area (Å²) in [6.45, 7) is 11.6. The van der Waals surface area contributed by atoms with Gasteiger partial charge in [-0.1, -0.05) is 0 Å². The molecule has 0 aromatic carbocycles. The minimum absolute atomic E-state index is 0.146. The number of aromatic nitrogens is 3. The second-order valence-corrected chi connectivity index (χ2v) is 10.4. The van der Waals surface area contributed by atoms with E-state index in [2.05, 4.69) is 20.7 Å². The summed E-state index contributed by atoms with van der Waals surface area (Å²) in [4.78, 5) is 31.9. The molecule has 2 aromatic rings. The van der Waals surface area contributed by atoms with Crippen LogP contribution in [-0.4, -0.2) is 76.2 Å². The zero-order valence-electron chi connectivity index (χ0n) is 21.3. The Morgan fingerprint density at radius 2 is 1.86 bits per heavy atom. The van der Waals surface area contributed by atoms with Crippen molar-refractivity contribution in [2.45, 2.75) is 71.6 Å². The molecular formula is C25H38N6O4. The average molecular weight is 487 g/mol. The van der Waals surface area contributed by atoms with Gasteiger partial charge in [0.2, 0.25) is 0 Å². The topological polar surface area (TPSA) is 111 Å². The molecule has 0 bridgehead atoms. The Morgan fingerprint density at radius 3 is 2.51 bits per heavy atom. The number of aryl methyl sites for hydroxylation is 1. The number of likely N-dealkylation sites (tertiary alicyclic amines) is 1. The van der Waals surface area contributed by atoms with E-state index in [1.807, 2.05) is 32.4 Å². The molecule has 2 fully saturated rings. The van der Waals surface area contributed by atoms with E-state index >= 15 is 0 Å². The van der Waals surface area contributed by atoms with Crippen molar-refractivity contribution in [3.63, 3.8) is 0 Å². The minimum atomic E-state index is -0.499. The van der Waals surface area contributed by atoms with Gasteiger partial charge in [0.25, 0.3) is 5.91 Å². The van der Waals surface area contributed by atoms with Crippen LogP contribution < -0.4 is 10.6 Å². The summed E-state index contributed by atoms with van der Waals surface area (Å²) in [6.07, 6.45) is 6.61. The number of carbonyl (C=O) groups excluding carboxylic acids is 2. The Hall–Kier alpha value is -2.88. The standard InChI is InChI=1S/C25H38N6O4/c1-5-31-22-19(16-28-31)21(29-18-8-12-34-13-9-18)20(15-26-22)23(32)27-14-17-6-10-30(11-7-17)24(33)35-25(2,3)4/h15-18H,5-14H2,1-4H3,(H,26,29)(H,27,32). The zero-order valence-corrected chi connectivity index (χ0v) is 21.3. The van der Waals surface area contributed by atoms with Crippen molar-refractivity contribution in [2.24, 2.45) is 5.92 Å². The Balaban J connectivity index is 1.40. The van der Waals surface area contributed by atoms with E-state index < -0.39 is 5.60 Å². The molecule has 0 saturated carbocycles. The molecule has 10 heteroatoms. The number of amides is 2. The quantitative estimate of drug-likeness (QED) is 0.644. The van der Waals surface area contributed by atoms with Gasteiger partial charge in [-0.25, -0.2) is 14.5 Å². The molecule has 4 rings (SSSR count). The lowest BCUT2D eigenvalue weighted by molar-refractivity contribution is 0.0183. The Morgan fingerprint density at radius 1 is 1.14 bits per heavy atom. The molecule has 4 heterocycles. The van der Waals surface area contributed by atoms with E-state index in [4.69, 9.17) is 9.47 Å². The molecule has 192 valence electrons. The second kappa shape index (κ2) is 10.8. The number of ether oxygens (including phenoxy) is 2. The smallest absolute Gasteiger partial charge is 0.410 e. The van der Waals surface area contributed by atoms with Gasteiger partial charge in [-0.05, 0) is 59.3 Å². The number of hydrogen-bond donors (Lipinski definition) is 2. The van der Waals surface area contributed by atoms with Gasteiger partial charge >= 0.3 is 6.09 Å². The maximum atomic E-state index is 13.3. The Kier molecular flexibility index (Phi) is 7.78. The zero-order chi connectivity index (χ0) is 25.0. The average Bonchev–Trinajstić information content (AvgIpc) is 3.26. The van der Waals surface area contributed by atoms with E-state index in [-0.39, 0.29) is 18.0 Å². The monoisotopic (exact) mass is 486 g/mol. The van der Waals surface area contributed by atoms with Crippen LogP contribution in [0.3, 0.4) is 0 Å². The van der Waals surface area contributed by atoms with Gasteiger partial charge in [-0.3, -0.25) is 4.79 Å². The summed E-state index contributed by atoms with van der Waals surface area (Å²) >= 11 is 0. The minimum Gasteiger partial charge on any atom is -0.444 e. The fraction of sp³-hybridized carbons (Fsp3) is 0.680. The molecule has 0 spiro atoms. The lowest BCUT2D eigenvalue weighted by Crippen LogP contribution is -2.43. The fourth-order valence-electron chi connectivity index (χ4n) is 4.61. The summed E-state index contributed by atoms with van der Waals surface area (Å²) in [5.41, 5.74) is 1.60. The summed E-state index contributed by atoms with van der Waals surface area (Å²) in [6, 6.07) is 0.239. The first-order valence-corrected chi connectivity index (χ1v) is 12.7. The van der Waals surface area contributed by atoms with Crippen molar-refractivity contribution in [2.75, 3.05) is 38.2 Å². The molecule has 0 atom stereocenters. The molecule has 0 radical (unpaired) electrons.